The predicted octanol–water partition coefficient (Wildman–Crippen LogP) is 3.15. The molecule has 0 aliphatic rings. The molecule has 0 unspecified atom stereocenters. The molecule has 0 radical (unpaired) electrons. The highest BCUT2D eigenvalue weighted by Crippen LogP contribution is 2.21. The predicted molar refractivity (Wildman–Crippen MR) is 116 cm³/mol. The molecule has 0 aliphatic carbocycles. The number of nitrogens with zero attached hydrogens (tertiary/aromatic N) is 5. The van der Waals surface area contributed by atoms with E-state index in [0.29, 0.717) is 23.1 Å². The van der Waals surface area contributed by atoms with Gasteiger partial charge >= 0.3 is 0 Å². The first-order chi connectivity index (χ1) is 14.4. The number of carbonyl (C=O) groups excluding carboxylic acids is 2. The average Bonchev–Trinajstić information content (AvgIpc) is 3.19. The third kappa shape index (κ3) is 5.66. The van der Waals surface area contributed by atoms with Crippen LogP contribution in [0.5, 0.6) is 0 Å². The molecule has 1 aromatic heterocycles. The van der Waals surface area contributed by atoms with E-state index in [1.165, 1.54) is 18.7 Å². The van der Waals surface area contributed by atoms with E-state index in [-0.39, 0.29) is 23.6 Å². The molecule has 156 valence electrons. The van der Waals surface area contributed by atoms with E-state index in [0.717, 1.165) is 5.56 Å². The molecular formula is C21H24N6O2S. The average molecular weight is 425 g/mol. The number of thioether (sulfide) groups is 1. The van der Waals surface area contributed by atoms with E-state index < -0.39 is 0 Å². The van der Waals surface area contributed by atoms with E-state index in [1.807, 2.05) is 61.2 Å². The Morgan fingerprint density at radius 3 is 2.60 bits per heavy atom. The zero-order chi connectivity index (χ0) is 21.5. The van der Waals surface area contributed by atoms with Gasteiger partial charge in [0.15, 0.2) is 0 Å². The molecule has 1 N–H and O–H groups in total. The number of tetrazole rings is 1. The van der Waals surface area contributed by atoms with Crippen LogP contribution in [0.2, 0.25) is 0 Å². The van der Waals surface area contributed by atoms with Gasteiger partial charge in [0.2, 0.25) is 17.0 Å². The lowest BCUT2D eigenvalue weighted by Crippen LogP contribution is -2.37. The third-order valence-corrected chi connectivity index (χ3v) is 5.22. The van der Waals surface area contributed by atoms with Crippen LogP contribution in [0.1, 0.15) is 26.3 Å². The topological polar surface area (TPSA) is 93.0 Å². The molecule has 30 heavy (non-hydrogen) atoms. The zero-order valence-electron chi connectivity index (χ0n) is 17.1. The van der Waals surface area contributed by atoms with Crippen molar-refractivity contribution in [3.63, 3.8) is 0 Å². The van der Waals surface area contributed by atoms with E-state index in [1.54, 1.807) is 16.8 Å². The molecule has 2 amide bonds. The van der Waals surface area contributed by atoms with Gasteiger partial charge in [-0.05, 0) is 48.0 Å². The molecule has 9 heteroatoms. The molecule has 0 fully saturated rings. The number of aromatic nitrogens is 4. The molecule has 0 saturated carbocycles. The van der Waals surface area contributed by atoms with Gasteiger partial charge in [0.25, 0.3) is 0 Å². The Bertz CT molecular complexity index is 1010. The van der Waals surface area contributed by atoms with Crippen molar-refractivity contribution in [1.29, 1.82) is 0 Å². The maximum atomic E-state index is 12.9. The first-order valence-electron chi connectivity index (χ1n) is 9.56. The summed E-state index contributed by atoms with van der Waals surface area (Å²) in [4.78, 5) is 26.0. The molecule has 8 nitrogen and oxygen atoms in total. The number of hydrogen-bond acceptors (Lipinski definition) is 6. The smallest absolute Gasteiger partial charge is 0.233 e. The van der Waals surface area contributed by atoms with Gasteiger partial charge in [-0.25, -0.2) is 0 Å². The highest BCUT2D eigenvalue weighted by atomic mass is 32.2. The van der Waals surface area contributed by atoms with E-state index in [4.69, 9.17) is 0 Å². The van der Waals surface area contributed by atoms with Crippen LogP contribution in [0.4, 0.5) is 5.69 Å². The van der Waals surface area contributed by atoms with Gasteiger partial charge < -0.3 is 10.2 Å². The molecule has 0 aliphatic heterocycles. The second-order valence-electron chi connectivity index (χ2n) is 6.99. The Kier molecular flexibility index (Phi) is 7.18. The van der Waals surface area contributed by atoms with Gasteiger partial charge in [-0.3, -0.25) is 9.59 Å². The monoisotopic (exact) mass is 424 g/mol. The Morgan fingerprint density at radius 2 is 1.90 bits per heavy atom. The lowest BCUT2D eigenvalue weighted by atomic mass is 10.2. The lowest BCUT2D eigenvalue weighted by Gasteiger charge is -2.26. The molecule has 1 heterocycles. The number of nitrogens with one attached hydrogen (secondary N) is 1. The molecule has 3 rings (SSSR count). The van der Waals surface area contributed by atoms with Crippen LogP contribution in [0.3, 0.4) is 0 Å². The van der Waals surface area contributed by atoms with Crippen molar-refractivity contribution in [3.8, 4) is 5.69 Å². The SMILES string of the molecule is CC(=O)Nc1cccc(-n2nnnc2SCC(=O)N(Cc2ccccc2)C(C)C)c1. The summed E-state index contributed by atoms with van der Waals surface area (Å²) < 4.78 is 1.56. The van der Waals surface area contributed by atoms with Gasteiger partial charge in [0, 0.05) is 25.2 Å². The second-order valence-corrected chi connectivity index (χ2v) is 7.94. The lowest BCUT2D eigenvalue weighted by molar-refractivity contribution is -0.130. The van der Waals surface area contributed by atoms with Crippen molar-refractivity contribution in [3.05, 3.63) is 60.2 Å². The summed E-state index contributed by atoms with van der Waals surface area (Å²) in [5.41, 5.74) is 2.44. The summed E-state index contributed by atoms with van der Waals surface area (Å²) in [6, 6.07) is 17.2. The molecular weight excluding hydrogens is 400 g/mol. The van der Waals surface area contributed by atoms with Crippen molar-refractivity contribution in [2.45, 2.75) is 38.5 Å². The largest absolute Gasteiger partial charge is 0.335 e. The summed E-state index contributed by atoms with van der Waals surface area (Å²) >= 11 is 1.28. The second kappa shape index (κ2) is 10.0. The minimum Gasteiger partial charge on any atom is -0.335 e. The highest BCUT2D eigenvalue weighted by molar-refractivity contribution is 7.99. The van der Waals surface area contributed by atoms with Crippen LogP contribution in [0.15, 0.2) is 59.8 Å². The quantitative estimate of drug-likeness (QED) is 0.559. The summed E-state index contributed by atoms with van der Waals surface area (Å²) in [7, 11) is 0. The van der Waals surface area contributed by atoms with Crippen molar-refractivity contribution in [2.24, 2.45) is 0 Å². The number of amides is 2. The molecule has 3 aromatic rings. The first kappa shape index (κ1) is 21.5. The molecule has 0 spiro atoms. The van der Waals surface area contributed by atoms with Crippen LogP contribution >= 0.6 is 11.8 Å². The normalized spacial score (nSPS) is 10.8. The van der Waals surface area contributed by atoms with Gasteiger partial charge in [-0.15, -0.1) is 5.10 Å². The Morgan fingerprint density at radius 1 is 1.13 bits per heavy atom. The van der Waals surface area contributed by atoms with Crippen LogP contribution in [-0.2, 0) is 16.1 Å². The number of benzene rings is 2. The number of hydrogen-bond donors (Lipinski definition) is 1. The van der Waals surface area contributed by atoms with Crippen molar-refractivity contribution in [2.75, 3.05) is 11.1 Å². The zero-order valence-corrected chi connectivity index (χ0v) is 18.0. The first-order valence-corrected chi connectivity index (χ1v) is 10.5. The number of carbonyl (C=O) groups is 2. The fourth-order valence-corrected chi connectivity index (χ4v) is 3.67. The molecule has 0 atom stereocenters. The van der Waals surface area contributed by atoms with Gasteiger partial charge in [0.1, 0.15) is 0 Å². The molecule has 2 aromatic carbocycles. The van der Waals surface area contributed by atoms with Crippen molar-refractivity contribution < 1.29 is 9.59 Å². The minimum absolute atomic E-state index is 0.0143. The Hall–Kier alpha value is -3.20. The maximum absolute atomic E-state index is 12.9. The van der Waals surface area contributed by atoms with Gasteiger partial charge in [-0.2, -0.15) is 4.68 Å². The Balaban J connectivity index is 1.70. The van der Waals surface area contributed by atoms with Crippen molar-refractivity contribution >= 4 is 29.3 Å². The number of anilines is 1. The van der Waals surface area contributed by atoms with Crippen LogP contribution in [0, 0.1) is 0 Å². The van der Waals surface area contributed by atoms with Gasteiger partial charge in [-0.1, -0.05) is 48.2 Å². The van der Waals surface area contributed by atoms with Crippen molar-refractivity contribution in [1.82, 2.24) is 25.1 Å². The summed E-state index contributed by atoms with van der Waals surface area (Å²) in [5.74, 6) is 0.0770. The fraction of sp³-hybridized carbons (Fsp3) is 0.286. The highest BCUT2D eigenvalue weighted by Gasteiger charge is 2.19. The van der Waals surface area contributed by atoms with Crippen LogP contribution in [-0.4, -0.2) is 48.7 Å². The minimum atomic E-state index is -0.156. The summed E-state index contributed by atoms with van der Waals surface area (Å²) in [6.45, 7) is 6.01. The molecule has 0 saturated heterocycles. The number of rotatable bonds is 8. The van der Waals surface area contributed by atoms with Gasteiger partial charge in [0.05, 0.1) is 11.4 Å². The van der Waals surface area contributed by atoms with E-state index in [2.05, 4.69) is 20.8 Å². The Labute approximate surface area is 179 Å². The fourth-order valence-electron chi connectivity index (χ4n) is 2.90. The summed E-state index contributed by atoms with van der Waals surface area (Å²) in [6.07, 6.45) is 0. The van der Waals surface area contributed by atoms with E-state index in [9.17, 15) is 9.59 Å². The molecule has 0 bridgehead atoms. The van der Waals surface area contributed by atoms with Crippen LogP contribution < -0.4 is 5.32 Å². The standard InChI is InChI=1S/C21H24N6O2S/c1-15(2)26(13-17-8-5-4-6-9-17)20(29)14-30-21-23-24-25-27(21)19-11-7-10-18(12-19)22-16(3)28/h4-12,15H,13-14H2,1-3H3,(H,22,28). The van der Waals surface area contributed by atoms with Crippen LogP contribution in [0.25, 0.3) is 5.69 Å². The summed E-state index contributed by atoms with van der Waals surface area (Å²) in [5, 5.41) is 15.1. The maximum Gasteiger partial charge on any atom is 0.233 e. The third-order valence-electron chi connectivity index (χ3n) is 4.32. The van der Waals surface area contributed by atoms with E-state index >= 15 is 0 Å².